The first-order chi connectivity index (χ1) is 9.62. The van der Waals surface area contributed by atoms with Crippen molar-refractivity contribution in [1.82, 2.24) is 4.90 Å². The Labute approximate surface area is 136 Å². The number of fused-ring (bicyclic) bond motifs is 1. The molecule has 0 atom stereocenters. The standard InChI is InChI=1S/C16H24BrNO2Si/c1-16(2,3)21(4,5)20-9-8-18-11-12-6-7-13(17)10-14(12)15(18)19/h6-7,10H,8-9,11H2,1-5H3. The summed E-state index contributed by atoms with van der Waals surface area (Å²) in [6, 6.07) is 5.92. The molecule has 116 valence electrons. The van der Waals surface area contributed by atoms with Crippen LogP contribution in [0, 0.1) is 0 Å². The van der Waals surface area contributed by atoms with Gasteiger partial charge in [0.1, 0.15) is 0 Å². The molecule has 5 heteroatoms. The zero-order chi connectivity index (χ0) is 15.8. The maximum Gasteiger partial charge on any atom is 0.254 e. The molecule has 1 amide bonds. The van der Waals surface area contributed by atoms with Crippen molar-refractivity contribution in [2.45, 2.75) is 45.4 Å². The number of nitrogens with zero attached hydrogens (tertiary/aromatic N) is 1. The van der Waals surface area contributed by atoms with Gasteiger partial charge in [-0.25, -0.2) is 0 Å². The number of amides is 1. The predicted octanol–water partition coefficient (Wildman–Crippen LogP) is 4.43. The highest BCUT2D eigenvalue weighted by molar-refractivity contribution is 9.10. The Balaban J connectivity index is 1.94. The normalized spacial score (nSPS) is 15.5. The number of carbonyl (C=O) groups excluding carboxylic acids is 1. The summed E-state index contributed by atoms with van der Waals surface area (Å²) in [5.41, 5.74) is 1.92. The monoisotopic (exact) mass is 369 g/mol. The minimum atomic E-state index is -1.73. The second kappa shape index (κ2) is 5.86. The van der Waals surface area contributed by atoms with Gasteiger partial charge in [0.25, 0.3) is 5.91 Å². The van der Waals surface area contributed by atoms with Gasteiger partial charge in [0.15, 0.2) is 8.32 Å². The number of rotatable bonds is 4. The summed E-state index contributed by atoms with van der Waals surface area (Å²) in [5.74, 6) is 0.116. The van der Waals surface area contributed by atoms with Gasteiger partial charge in [-0.2, -0.15) is 0 Å². The molecule has 0 aliphatic carbocycles. The zero-order valence-electron chi connectivity index (χ0n) is 13.5. The summed E-state index contributed by atoms with van der Waals surface area (Å²) in [5, 5.41) is 0.204. The van der Waals surface area contributed by atoms with Gasteiger partial charge in [-0.05, 0) is 35.8 Å². The number of hydrogen-bond donors (Lipinski definition) is 0. The maximum atomic E-state index is 12.4. The first-order valence-corrected chi connectivity index (χ1v) is 11.0. The number of halogens is 1. The van der Waals surface area contributed by atoms with E-state index in [1.165, 1.54) is 0 Å². The lowest BCUT2D eigenvalue weighted by Gasteiger charge is -2.36. The third-order valence-electron chi connectivity index (χ3n) is 4.58. The molecule has 0 radical (unpaired) electrons. The second-order valence-corrected chi connectivity index (χ2v) is 12.9. The molecule has 1 aromatic carbocycles. The fourth-order valence-corrected chi connectivity index (χ4v) is 3.54. The van der Waals surface area contributed by atoms with Crippen LogP contribution in [0.25, 0.3) is 0 Å². The van der Waals surface area contributed by atoms with Gasteiger partial charge in [-0.3, -0.25) is 4.79 Å². The van der Waals surface area contributed by atoms with Crippen LogP contribution in [0.5, 0.6) is 0 Å². The Morgan fingerprint density at radius 1 is 1.33 bits per heavy atom. The second-order valence-electron chi connectivity index (χ2n) is 7.14. The van der Waals surface area contributed by atoms with Crippen LogP contribution in [-0.2, 0) is 11.0 Å². The van der Waals surface area contributed by atoms with Crippen LogP contribution in [0.2, 0.25) is 18.1 Å². The van der Waals surface area contributed by atoms with E-state index in [2.05, 4.69) is 49.8 Å². The van der Waals surface area contributed by atoms with E-state index in [9.17, 15) is 4.79 Å². The molecule has 1 aromatic rings. The molecule has 1 aliphatic rings. The maximum absolute atomic E-state index is 12.4. The average molecular weight is 370 g/mol. The zero-order valence-corrected chi connectivity index (χ0v) is 16.1. The Morgan fingerprint density at radius 2 is 2.00 bits per heavy atom. The quantitative estimate of drug-likeness (QED) is 0.734. The van der Waals surface area contributed by atoms with Crippen LogP contribution in [0.15, 0.2) is 22.7 Å². The lowest BCUT2D eigenvalue weighted by molar-refractivity contribution is 0.0749. The van der Waals surface area contributed by atoms with E-state index in [4.69, 9.17) is 4.43 Å². The Kier molecular flexibility index (Phi) is 4.66. The molecule has 1 aliphatic heterocycles. The Bertz CT molecular complexity index is 552. The van der Waals surface area contributed by atoms with Crippen molar-refractivity contribution in [2.75, 3.05) is 13.2 Å². The first-order valence-electron chi connectivity index (χ1n) is 7.33. The van der Waals surface area contributed by atoms with Gasteiger partial charge >= 0.3 is 0 Å². The molecule has 2 rings (SSSR count). The Hall–Kier alpha value is -0.653. The van der Waals surface area contributed by atoms with Crippen molar-refractivity contribution in [3.63, 3.8) is 0 Å². The highest BCUT2D eigenvalue weighted by atomic mass is 79.9. The van der Waals surface area contributed by atoms with Gasteiger partial charge in [-0.15, -0.1) is 0 Å². The van der Waals surface area contributed by atoms with Gasteiger partial charge in [0.2, 0.25) is 0 Å². The molecule has 0 unspecified atom stereocenters. The third kappa shape index (κ3) is 3.58. The van der Waals surface area contributed by atoms with Gasteiger partial charge in [-0.1, -0.05) is 42.8 Å². The van der Waals surface area contributed by atoms with Crippen LogP contribution in [0.4, 0.5) is 0 Å². The highest BCUT2D eigenvalue weighted by Crippen LogP contribution is 2.36. The van der Waals surface area contributed by atoms with E-state index < -0.39 is 8.32 Å². The fourth-order valence-electron chi connectivity index (χ4n) is 2.14. The topological polar surface area (TPSA) is 29.5 Å². The SMILES string of the molecule is CC(C)(C)[Si](C)(C)OCCN1Cc2ccc(Br)cc2C1=O. The number of carbonyl (C=O) groups is 1. The lowest BCUT2D eigenvalue weighted by Crippen LogP contribution is -2.42. The Morgan fingerprint density at radius 3 is 2.62 bits per heavy atom. The van der Waals surface area contributed by atoms with E-state index in [1.54, 1.807) is 0 Å². The van der Waals surface area contributed by atoms with Crippen LogP contribution in [0.3, 0.4) is 0 Å². The molecule has 3 nitrogen and oxygen atoms in total. The van der Waals surface area contributed by atoms with Crippen molar-refractivity contribution in [2.24, 2.45) is 0 Å². The van der Waals surface area contributed by atoms with E-state index in [0.29, 0.717) is 19.7 Å². The average Bonchev–Trinajstić information content (AvgIpc) is 2.65. The molecule has 21 heavy (non-hydrogen) atoms. The number of benzene rings is 1. The van der Waals surface area contributed by atoms with E-state index in [-0.39, 0.29) is 10.9 Å². The summed E-state index contributed by atoms with van der Waals surface area (Å²) in [6.07, 6.45) is 0. The van der Waals surface area contributed by atoms with Gasteiger partial charge in [0, 0.05) is 23.1 Å². The summed E-state index contributed by atoms with van der Waals surface area (Å²) < 4.78 is 7.12. The van der Waals surface area contributed by atoms with Crippen LogP contribution in [0.1, 0.15) is 36.7 Å². The lowest BCUT2D eigenvalue weighted by atomic mass is 10.1. The van der Waals surface area contributed by atoms with Gasteiger partial charge in [0.05, 0.1) is 6.61 Å². The van der Waals surface area contributed by atoms with E-state index in [1.807, 2.05) is 23.1 Å². The van der Waals surface area contributed by atoms with Crippen molar-refractivity contribution in [1.29, 1.82) is 0 Å². The highest BCUT2D eigenvalue weighted by Gasteiger charge is 2.37. The number of hydrogen-bond acceptors (Lipinski definition) is 2. The molecule has 1 heterocycles. The molecule has 0 spiro atoms. The molecular weight excluding hydrogens is 346 g/mol. The molecule has 0 saturated carbocycles. The van der Waals surface area contributed by atoms with Crippen molar-refractivity contribution < 1.29 is 9.22 Å². The molecule has 0 bridgehead atoms. The van der Waals surface area contributed by atoms with Crippen molar-refractivity contribution in [3.8, 4) is 0 Å². The minimum Gasteiger partial charge on any atom is -0.415 e. The summed E-state index contributed by atoms with van der Waals surface area (Å²) in [4.78, 5) is 14.2. The van der Waals surface area contributed by atoms with Gasteiger partial charge < -0.3 is 9.33 Å². The molecule has 0 aromatic heterocycles. The van der Waals surface area contributed by atoms with Crippen molar-refractivity contribution >= 4 is 30.2 Å². The summed E-state index contributed by atoms with van der Waals surface area (Å²) in [7, 11) is -1.73. The summed E-state index contributed by atoms with van der Waals surface area (Å²) in [6.45, 7) is 13.2. The van der Waals surface area contributed by atoms with E-state index in [0.717, 1.165) is 15.6 Å². The van der Waals surface area contributed by atoms with Crippen LogP contribution < -0.4 is 0 Å². The van der Waals surface area contributed by atoms with Crippen LogP contribution >= 0.6 is 15.9 Å². The van der Waals surface area contributed by atoms with E-state index >= 15 is 0 Å². The van der Waals surface area contributed by atoms with Crippen molar-refractivity contribution in [3.05, 3.63) is 33.8 Å². The minimum absolute atomic E-state index is 0.116. The predicted molar refractivity (Wildman–Crippen MR) is 92.0 cm³/mol. The smallest absolute Gasteiger partial charge is 0.254 e. The molecule has 0 fully saturated rings. The molecule has 0 saturated heterocycles. The first kappa shape index (κ1) is 16.7. The largest absolute Gasteiger partial charge is 0.415 e. The fraction of sp³-hybridized carbons (Fsp3) is 0.562. The summed E-state index contributed by atoms with van der Waals surface area (Å²) >= 11 is 3.42. The van der Waals surface area contributed by atoms with Crippen LogP contribution in [-0.4, -0.2) is 32.3 Å². The molecular formula is C16H24BrNO2Si. The third-order valence-corrected chi connectivity index (χ3v) is 9.61. The molecule has 0 N–H and O–H groups in total.